The van der Waals surface area contributed by atoms with Gasteiger partial charge in [0.25, 0.3) is 0 Å². The highest BCUT2D eigenvalue weighted by Crippen LogP contribution is 2.29. The Labute approximate surface area is 86.9 Å². The van der Waals surface area contributed by atoms with Crippen LogP contribution >= 0.6 is 0 Å². The van der Waals surface area contributed by atoms with Crippen LogP contribution in [0, 0.1) is 5.92 Å². The molecular formula is C11H23NO2. The number of ether oxygens (including phenoxy) is 2. The van der Waals surface area contributed by atoms with Crippen molar-refractivity contribution < 1.29 is 9.47 Å². The van der Waals surface area contributed by atoms with Crippen molar-refractivity contribution in [2.24, 2.45) is 11.7 Å². The largest absolute Gasteiger partial charge is 0.381 e. The summed E-state index contributed by atoms with van der Waals surface area (Å²) in [4.78, 5) is 0. The Morgan fingerprint density at radius 3 is 2.36 bits per heavy atom. The van der Waals surface area contributed by atoms with Gasteiger partial charge in [0.05, 0.1) is 5.60 Å². The molecule has 1 rings (SSSR count). The quantitative estimate of drug-likeness (QED) is 0.750. The third-order valence-corrected chi connectivity index (χ3v) is 3.15. The molecule has 1 saturated heterocycles. The van der Waals surface area contributed by atoms with Crippen molar-refractivity contribution in [3.63, 3.8) is 0 Å². The van der Waals surface area contributed by atoms with Gasteiger partial charge in [-0.3, -0.25) is 0 Å². The van der Waals surface area contributed by atoms with Gasteiger partial charge in [0.15, 0.2) is 0 Å². The summed E-state index contributed by atoms with van der Waals surface area (Å²) in [6.07, 6.45) is 2.88. The van der Waals surface area contributed by atoms with Crippen LogP contribution < -0.4 is 5.73 Å². The Hall–Kier alpha value is -0.120. The van der Waals surface area contributed by atoms with Gasteiger partial charge in [-0.1, -0.05) is 13.8 Å². The predicted octanol–water partition coefficient (Wildman–Crippen LogP) is 1.56. The first-order valence-corrected chi connectivity index (χ1v) is 5.49. The normalized spacial score (nSPS) is 23.8. The zero-order valence-corrected chi connectivity index (χ0v) is 9.58. The molecule has 3 nitrogen and oxygen atoms in total. The van der Waals surface area contributed by atoms with E-state index in [1.54, 1.807) is 7.11 Å². The van der Waals surface area contributed by atoms with E-state index in [0.29, 0.717) is 5.92 Å². The minimum atomic E-state index is -0.136. The van der Waals surface area contributed by atoms with E-state index in [2.05, 4.69) is 13.8 Å². The number of rotatable bonds is 4. The van der Waals surface area contributed by atoms with E-state index in [0.717, 1.165) is 32.5 Å². The first-order valence-electron chi connectivity index (χ1n) is 5.49. The molecule has 1 fully saturated rings. The Balaban J connectivity index is 2.57. The lowest BCUT2D eigenvalue weighted by molar-refractivity contribution is -0.106. The molecule has 0 bridgehead atoms. The molecule has 1 atom stereocenters. The molecule has 1 heterocycles. The first kappa shape index (κ1) is 12.0. The maximum Gasteiger partial charge on any atom is 0.0872 e. The van der Waals surface area contributed by atoms with Crippen LogP contribution in [-0.2, 0) is 9.47 Å². The van der Waals surface area contributed by atoms with Crippen LogP contribution in [0.25, 0.3) is 0 Å². The Kier molecular flexibility index (Phi) is 4.35. The van der Waals surface area contributed by atoms with E-state index in [1.807, 2.05) is 0 Å². The van der Waals surface area contributed by atoms with E-state index in [4.69, 9.17) is 15.2 Å². The van der Waals surface area contributed by atoms with Crippen molar-refractivity contribution in [2.45, 2.75) is 44.8 Å². The second-order valence-corrected chi connectivity index (χ2v) is 4.62. The highest BCUT2D eigenvalue weighted by molar-refractivity contribution is 4.93. The van der Waals surface area contributed by atoms with E-state index in [9.17, 15) is 0 Å². The molecule has 0 spiro atoms. The summed E-state index contributed by atoms with van der Waals surface area (Å²) in [6, 6.07) is 0.136. The van der Waals surface area contributed by atoms with Crippen LogP contribution in [0.4, 0.5) is 0 Å². The molecule has 14 heavy (non-hydrogen) atoms. The fraction of sp³-hybridized carbons (Fsp3) is 1.00. The number of hydrogen-bond donors (Lipinski definition) is 1. The Morgan fingerprint density at radius 1 is 1.36 bits per heavy atom. The van der Waals surface area contributed by atoms with E-state index < -0.39 is 0 Å². The number of hydrogen-bond acceptors (Lipinski definition) is 3. The lowest BCUT2D eigenvalue weighted by Gasteiger charge is -2.41. The second kappa shape index (κ2) is 5.10. The third-order valence-electron chi connectivity index (χ3n) is 3.15. The predicted molar refractivity (Wildman–Crippen MR) is 57.2 cm³/mol. The molecule has 0 aromatic rings. The lowest BCUT2D eigenvalue weighted by Crippen LogP contribution is -2.53. The van der Waals surface area contributed by atoms with Gasteiger partial charge < -0.3 is 15.2 Å². The van der Waals surface area contributed by atoms with Crippen LogP contribution in [-0.4, -0.2) is 32.0 Å². The molecule has 84 valence electrons. The molecule has 1 unspecified atom stereocenters. The van der Waals surface area contributed by atoms with Crippen molar-refractivity contribution in [3.05, 3.63) is 0 Å². The second-order valence-electron chi connectivity index (χ2n) is 4.62. The average Bonchev–Trinajstić information content (AvgIpc) is 2.18. The van der Waals surface area contributed by atoms with Gasteiger partial charge in [-0.25, -0.2) is 0 Å². The number of nitrogens with two attached hydrogens (primary N) is 1. The monoisotopic (exact) mass is 201 g/mol. The molecular weight excluding hydrogens is 178 g/mol. The van der Waals surface area contributed by atoms with Crippen LogP contribution in [0.2, 0.25) is 0 Å². The molecule has 0 amide bonds. The van der Waals surface area contributed by atoms with Crippen molar-refractivity contribution in [1.29, 1.82) is 0 Å². The molecule has 0 aliphatic carbocycles. The van der Waals surface area contributed by atoms with Crippen LogP contribution in [0.15, 0.2) is 0 Å². The minimum Gasteiger partial charge on any atom is -0.381 e. The lowest BCUT2D eigenvalue weighted by atomic mass is 9.82. The third kappa shape index (κ3) is 2.69. The summed E-state index contributed by atoms with van der Waals surface area (Å²) in [5.41, 5.74) is 6.08. The first-order chi connectivity index (χ1) is 6.60. The summed E-state index contributed by atoms with van der Waals surface area (Å²) >= 11 is 0. The fourth-order valence-electron chi connectivity index (χ4n) is 2.17. The van der Waals surface area contributed by atoms with Crippen molar-refractivity contribution in [3.8, 4) is 0 Å². The molecule has 0 aromatic carbocycles. The summed E-state index contributed by atoms with van der Waals surface area (Å²) in [5.74, 6) is 0.625. The van der Waals surface area contributed by atoms with Gasteiger partial charge in [0.1, 0.15) is 0 Å². The van der Waals surface area contributed by atoms with Crippen LogP contribution in [0.5, 0.6) is 0 Å². The summed E-state index contributed by atoms with van der Waals surface area (Å²) in [7, 11) is 1.77. The molecule has 0 radical (unpaired) electrons. The molecule has 0 saturated carbocycles. The fourth-order valence-corrected chi connectivity index (χ4v) is 2.17. The maximum atomic E-state index is 6.21. The molecule has 1 aliphatic heterocycles. The van der Waals surface area contributed by atoms with Gasteiger partial charge in [0.2, 0.25) is 0 Å². The minimum absolute atomic E-state index is 0.136. The van der Waals surface area contributed by atoms with Gasteiger partial charge in [-0.2, -0.15) is 0 Å². The molecule has 1 aliphatic rings. The van der Waals surface area contributed by atoms with Crippen molar-refractivity contribution >= 4 is 0 Å². The summed E-state index contributed by atoms with van der Waals surface area (Å²) in [5, 5.41) is 0. The van der Waals surface area contributed by atoms with E-state index in [1.165, 1.54) is 0 Å². The summed E-state index contributed by atoms with van der Waals surface area (Å²) < 4.78 is 11.0. The molecule has 2 N–H and O–H groups in total. The van der Waals surface area contributed by atoms with Gasteiger partial charge in [0, 0.05) is 39.2 Å². The van der Waals surface area contributed by atoms with Crippen molar-refractivity contribution in [1.82, 2.24) is 0 Å². The Morgan fingerprint density at radius 2 is 1.93 bits per heavy atom. The van der Waals surface area contributed by atoms with Gasteiger partial charge in [-0.15, -0.1) is 0 Å². The standard InChI is InChI=1S/C11H23NO2/c1-9(2)8-10(12)11(13-3)4-6-14-7-5-11/h9-10H,4-8,12H2,1-3H3. The van der Waals surface area contributed by atoms with Crippen molar-refractivity contribution in [2.75, 3.05) is 20.3 Å². The average molecular weight is 201 g/mol. The maximum absolute atomic E-state index is 6.21. The highest BCUT2D eigenvalue weighted by atomic mass is 16.5. The number of methoxy groups -OCH3 is 1. The topological polar surface area (TPSA) is 44.5 Å². The smallest absolute Gasteiger partial charge is 0.0872 e. The summed E-state index contributed by atoms with van der Waals surface area (Å²) in [6.45, 7) is 5.95. The zero-order chi connectivity index (χ0) is 10.6. The van der Waals surface area contributed by atoms with Gasteiger partial charge in [-0.05, 0) is 12.3 Å². The molecule has 3 heteroatoms. The SMILES string of the molecule is COC1(C(N)CC(C)C)CCOCC1. The highest BCUT2D eigenvalue weighted by Gasteiger charge is 2.38. The van der Waals surface area contributed by atoms with E-state index in [-0.39, 0.29) is 11.6 Å². The zero-order valence-electron chi connectivity index (χ0n) is 9.58. The molecule has 0 aromatic heterocycles. The van der Waals surface area contributed by atoms with Crippen LogP contribution in [0.1, 0.15) is 33.1 Å². The van der Waals surface area contributed by atoms with E-state index >= 15 is 0 Å². The van der Waals surface area contributed by atoms with Crippen LogP contribution in [0.3, 0.4) is 0 Å². The van der Waals surface area contributed by atoms with Gasteiger partial charge >= 0.3 is 0 Å². The Bertz CT molecular complexity index is 165.